The molecular formula is C33H30ClN7O19S6. The van der Waals surface area contributed by atoms with Crippen molar-refractivity contribution in [3.63, 3.8) is 0 Å². The maximum atomic E-state index is 12.5. The van der Waals surface area contributed by atoms with E-state index in [2.05, 4.69) is 40.0 Å². The molecule has 0 aliphatic carbocycles. The second kappa shape index (κ2) is 18.9. The van der Waals surface area contributed by atoms with E-state index in [0.29, 0.717) is 6.07 Å². The fourth-order valence-corrected chi connectivity index (χ4v) is 10.1. The molecule has 8 N–H and O–H groups in total. The summed E-state index contributed by atoms with van der Waals surface area (Å²) in [5, 5.41) is 21.8. The van der Waals surface area contributed by atoms with Gasteiger partial charge >= 0.3 is 10.4 Å². The molecule has 0 saturated heterocycles. The summed E-state index contributed by atoms with van der Waals surface area (Å²) in [6.45, 7) is 1.20. The molecule has 33 heteroatoms. The second-order valence-electron chi connectivity index (χ2n) is 13.0. The number of rotatable bonds is 14. The van der Waals surface area contributed by atoms with Gasteiger partial charge in [0.15, 0.2) is 15.6 Å². The normalized spacial score (nSPS) is 12.8. The highest BCUT2D eigenvalue weighted by Crippen LogP contribution is 2.46. The minimum atomic E-state index is -5.35. The number of hydrogen-bond donors (Lipinski definition) is 8. The van der Waals surface area contributed by atoms with Crippen LogP contribution in [0.1, 0.15) is 5.56 Å². The van der Waals surface area contributed by atoms with Gasteiger partial charge in [-0.25, -0.2) is 12.6 Å². The molecule has 0 radical (unpaired) electrons. The topological polar surface area (TPSA) is 423 Å². The number of aryl methyl sites for hydroxylation is 1. The van der Waals surface area contributed by atoms with Crippen LogP contribution < -0.4 is 10.6 Å². The first-order chi connectivity index (χ1) is 30.3. The van der Waals surface area contributed by atoms with Gasteiger partial charge in [-0.1, -0.05) is 35.9 Å². The number of sulfone groups is 1. The molecule has 0 fully saturated rings. The first kappa shape index (κ1) is 51.4. The Kier molecular flexibility index (Phi) is 14.7. The van der Waals surface area contributed by atoms with Crippen LogP contribution in [0.25, 0.3) is 21.5 Å². The van der Waals surface area contributed by atoms with Crippen molar-refractivity contribution in [2.45, 2.75) is 31.4 Å². The molecule has 6 rings (SSSR count). The predicted octanol–water partition coefficient (Wildman–Crippen LogP) is 4.31. The van der Waals surface area contributed by atoms with Crippen LogP contribution in [0, 0.1) is 6.92 Å². The quantitative estimate of drug-likeness (QED) is 0.0556. The van der Waals surface area contributed by atoms with Gasteiger partial charge in [0.1, 0.15) is 26.1 Å². The lowest BCUT2D eigenvalue weighted by atomic mass is 10.1. The molecular weight excluding hydrogens is 1030 g/mol. The lowest BCUT2D eigenvalue weighted by Gasteiger charge is -2.15. The van der Waals surface area contributed by atoms with Crippen molar-refractivity contribution in [1.82, 2.24) is 15.0 Å². The minimum Gasteiger partial charge on any atom is -0.505 e. The van der Waals surface area contributed by atoms with Crippen molar-refractivity contribution < 1.29 is 82.6 Å². The van der Waals surface area contributed by atoms with Gasteiger partial charge in [-0.15, -0.1) is 10.2 Å². The van der Waals surface area contributed by atoms with Gasteiger partial charge in [0.25, 0.3) is 40.5 Å². The van der Waals surface area contributed by atoms with Gasteiger partial charge < -0.3 is 15.7 Å². The van der Waals surface area contributed by atoms with Crippen LogP contribution in [0.3, 0.4) is 0 Å². The fraction of sp³-hybridized carbons (Fsp3) is 0.121. The van der Waals surface area contributed by atoms with Crippen molar-refractivity contribution >= 4 is 123 Å². The molecule has 1 heterocycles. The molecule has 0 spiro atoms. The van der Waals surface area contributed by atoms with Gasteiger partial charge in [-0.2, -0.15) is 57.0 Å². The van der Waals surface area contributed by atoms with E-state index in [0.717, 1.165) is 48.0 Å². The number of benzene rings is 5. The Labute approximate surface area is 379 Å². The second-order valence-corrected chi connectivity index (χ2v) is 22.1. The van der Waals surface area contributed by atoms with E-state index in [1.54, 1.807) is 12.1 Å². The number of nitrogens with zero attached hydrogens (tertiary/aromatic N) is 5. The lowest BCUT2D eigenvalue weighted by molar-refractivity contribution is 0.284. The van der Waals surface area contributed by atoms with E-state index in [9.17, 15) is 73.8 Å². The fourth-order valence-electron chi connectivity index (χ4n) is 5.72. The maximum Gasteiger partial charge on any atom is 0.397 e. The largest absolute Gasteiger partial charge is 0.505 e. The molecule has 0 bridgehead atoms. The summed E-state index contributed by atoms with van der Waals surface area (Å²) in [6, 6.07) is 13.2. The zero-order valence-corrected chi connectivity index (χ0v) is 38.6. The molecule has 1 aromatic heterocycles. The van der Waals surface area contributed by atoms with Crippen molar-refractivity contribution in [1.29, 1.82) is 0 Å². The van der Waals surface area contributed by atoms with Gasteiger partial charge in [-0.3, -0.25) is 22.8 Å². The summed E-state index contributed by atoms with van der Waals surface area (Å²) in [4.78, 5) is 7.87. The van der Waals surface area contributed by atoms with E-state index >= 15 is 0 Å². The number of nitrogens with one attached hydrogen (secondary N) is 2. The predicted molar refractivity (Wildman–Crippen MR) is 231 cm³/mol. The van der Waals surface area contributed by atoms with Crippen LogP contribution in [0.5, 0.6) is 5.75 Å². The summed E-state index contributed by atoms with van der Waals surface area (Å²) < 4.78 is 193. The highest BCUT2D eigenvalue weighted by Gasteiger charge is 2.28. The van der Waals surface area contributed by atoms with Crippen LogP contribution >= 0.6 is 11.6 Å². The smallest absolute Gasteiger partial charge is 0.397 e. The van der Waals surface area contributed by atoms with E-state index in [1.807, 2.05) is 6.92 Å². The molecule has 0 aliphatic heterocycles. The number of azo groups is 1. The van der Waals surface area contributed by atoms with Crippen LogP contribution in [0.2, 0.25) is 5.28 Å². The molecule has 66 heavy (non-hydrogen) atoms. The Hall–Kier alpha value is -5.62. The Morgan fingerprint density at radius 2 is 1.29 bits per heavy atom. The third kappa shape index (κ3) is 12.4. The molecule has 354 valence electrons. The number of phenolic OH excluding ortho intramolecular Hbond substituents is 1. The number of aromatic hydroxyl groups is 1. The zero-order chi connectivity index (χ0) is 49.4. The van der Waals surface area contributed by atoms with Gasteiger partial charge in [0.05, 0.1) is 27.8 Å². The Morgan fingerprint density at radius 3 is 1.85 bits per heavy atom. The van der Waals surface area contributed by atoms with Gasteiger partial charge in [0, 0.05) is 23.2 Å². The highest BCUT2D eigenvalue weighted by molar-refractivity contribution is 7.91. The van der Waals surface area contributed by atoms with Crippen molar-refractivity contribution in [2.75, 3.05) is 30.0 Å². The molecule has 0 saturated carbocycles. The summed E-state index contributed by atoms with van der Waals surface area (Å²) >= 11 is 5.90. The molecule has 0 unspecified atom stereocenters. The Morgan fingerprint density at radius 1 is 0.667 bits per heavy atom. The number of fused-ring (bicyclic) bond motifs is 2. The van der Waals surface area contributed by atoms with Crippen molar-refractivity contribution in [3.8, 4) is 5.75 Å². The lowest BCUT2D eigenvalue weighted by Crippen LogP contribution is -2.15. The summed E-state index contributed by atoms with van der Waals surface area (Å²) in [5.41, 5.74) is -1.27. The standard InChI is InChI=1S/C24H18ClN7O13S4.C9H12O6S2/c1-26-23-28-22(25)29-24(30-23)27-15-9-11(46(34,35)36)7-10-8-17(48(40,41)42)19(20(33)18(10)15)32-31-14-6-5-12-13(21(14)49(43,44)45)3-2-4-16(12)47(37,38)39;1-8-2-4-9(5-3-8)16(10,11)7-6-15-17(12,13)14/h2-9,33H,1H3,(H,34,35,36)(H,37,38,39)(H,40,41,42)(H,43,44,45)(H2,26,27,28,29,30);2-5H,6-7H2,1H3,(H,12,13,14). The van der Waals surface area contributed by atoms with Crippen LogP contribution in [0.15, 0.2) is 108 Å². The summed E-state index contributed by atoms with van der Waals surface area (Å²) in [6.07, 6.45) is 0. The number of hydrogen-bond acceptors (Lipinski definition) is 21. The van der Waals surface area contributed by atoms with Gasteiger partial charge in [-0.05, 0) is 66.4 Å². The zero-order valence-electron chi connectivity index (χ0n) is 32.9. The van der Waals surface area contributed by atoms with Crippen LogP contribution in [-0.2, 0) is 64.9 Å². The molecule has 26 nitrogen and oxygen atoms in total. The third-order valence-electron chi connectivity index (χ3n) is 8.49. The Balaban J connectivity index is 0.000000404. The summed E-state index contributed by atoms with van der Waals surface area (Å²) in [7, 11) is -27.3. The number of anilines is 3. The van der Waals surface area contributed by atoms with Crippen LogP contribution in [0.4, 0.5) is 29.0 Å². The van der Waals surface area contributed by atoms with E-state index < -0.39 is 132 Å². The van der Waals surface area contributed by atoms with E-state index in [1.165, 1.54) is 19.2 Å². The number of phenols is 1. The third-order valence-corrected chi connectivity index (χ3v) is 14.4. The average Bonchev–Trinajstić information content (AvgIpc) is 3.17. The number of halogens is 1. The van der Waals surface area contributed by atoms with Crippen molar-refractivity contribution in [2.24, 2.45) is 10.2 Å². The van der Waals surface area contributed by atoms with Crippen LogP contribution in [-0.4, -0.2) is 113 Å². The Bertz CT molecular complexity index is 3660. The minimum absolute atomic E-state index is 0.0705. The maximum absolute atomic E-state index is 12.5. The first-order valence-corrected chi connectivity index (χ1v) is 26.4. The molecule has 6 aromatic rings. The molecule has 0 atom stereocenters. The van der Waals surface area contributed by atoms with Gasteiger partial charge in [0.2, 0.25) is 17.2 Å². The molecule has 0 aliphatic rings. The van der Waals surface area contributed by atoms with Crippen molar-refractivity contribution in [3.05, 3.63) is 83.6 Å². The SMILES string of the molecule is CNc1nc(Cl)nc(Nc2cc(S(=O)(=O)O)cc3cc(S(=O)(=O)O)c(N=Nc4ccc5c(S(=O)(=O)O)cccc5c4S(=O)(=O)O)c(O)c23)n1.Cc1ccc(S(=O)(=O)CCOS(=O)(=O)O)cc1. The van der Waals surface area contributed by atoms with E-state index in [-0.39, 0.29) is 27.5 Å². The summed E-state index contributed by atoms with van der Waals surface area (Å²) in [5.74, 6) is -2.05. The number of aromatic nitrogens is 3. The molecule has 5 aromatic carbocycles. The average molecular weight is 1060 g/mol. The highest BCUT2D eigenvalue weighted by atomic mass is 35.5. The monoisotopic (exact) mass is 1050 g/mol. The molecule has 0 amide bonds. The van der Waals surface area contributed by atoms with E-state index in [4.69, 9.17) is 16.2 Å². The first-order valence-electron chi connectivity index (χ1n) is 17.3.